The Hall–Kier alpha value is -2.25. The highest BCUT2D eigenvalue weighted by Crippen LogP contribution is 2.28. The van der Waals surface area contributed by atoms with Crippen LogP contribution in [-0.2, 0) is 0 Å². The molecule has 0 N–H and O–H groups in total. The van der Waals surface area contributed by atoms with Crippen molar-refractivity contribution in [3.05, 3.63) is 58.8 Å². The minimum Gasteiger partial charge on any atom is -0.406 e. The van der Waals surface area contributed by atoms with Crippen LogP contribution in [0.5, 0.6) is 5.75 Å². The third-order valence-corrected chi connectivity index (χ3v) is 3.57. The van der Waals surface area contributed by atoms with Crippen LogP contribution in [0.2, 0.25) is 10.3 Å². The molecule has 0 saturated heterocycles. The van der Waals surface area contributed by atoms with Crippen LogP contribution >= 0.6 is 23.2 Å². The average molecular weight is 374 g/mol. The number of ether oxygens (including phenoxy) is 1. The van der Waals surface area contributed by atoms with E-state index in [4.69, 9.17) is 23.2 Å². The first-order valence-electron chi connectivity index (χ1n) is 6.57. The van der Waals surface area contributed by atoms with Gasteiger partial charge >= 0.3 is 6.36 Å². The highest BCUT2D eigenvalue weighted by atomic mass is 35.5. The van der Waals surface area contributed by atoms with Crippen molar-refractivity contribution in [2.75, 3.05) is 0 Å². The molecule has 0 atom stereocenters. The third-order valence-electron chi connectivity index (χ3n) is 3.00. The molecule has 0 unspecified atom stereocenters. The lowest BCUT2D eigenvalue weighted by atomic mass is 10.2. The number of aromatic nitrogens is 3. The van der Waals surface area contributed by atoms with E-state index in [1.165, 1.54) is 16.8 Å². The second kappa shape index (κ2) is 6.33. The molecule has 2 aromatic carbocycles. The summed E-state index contributed by atoms with van der Waals surface area (Å²) in [5, 5.41) is 4.75. The summed E-state index contributed by atoms with van der Waals surface area (Å²) in [7, 11) is 0. The monoisotopic (exact) mass is 373 g/mol. The van der Waals surface area contributed by atoms with Gasteiger partial charge in [0, 0.05) is 5.56 Å². The number of benzene rings is 2. The van der Waals surface area contributed by atoms with E-state index in [2.05, 4.69) is 14.8 Å². The van der Waals surface area contributed by atoms with E-state index in [1.807, 2.05) is 0 Å². The number of nitrogens with zero attached hydrogens (tertiary/aromatic N) is 3. The Bertz CT molecular complexity index is 863. The summed E-state index contributed by atoms with van der Waals surface area (Å²) >= 11 is 12.2. The number of alkyl halides is 3. The molecule has 0 aliphatic carbocycles. The maximum Gasteiger partial charge on any atom is 0.573 e. The van der Waals surface area contributed by atoms with Crippen LogP contribution in [0.1, 0.15) is 0 Å². The van der Waals surface area contributed by atoms with Crippen molar-refractivity contribution in [1.29, 1.82) is 0 Å². The van der Waals surface area contributed by atoms with Crippen LogP contribution in [0, 0.1) is 0 Å². The molecule has 0 aliphatic rings. The highest BCUT2D eigenvalue weighted by Gasteiger charge is 2.31. The van der Waals surface area contributed by atoms with Crippen molar-refractivity contribution in [2.45, 2.75) is 6.36 Å². The fraction of sp³-hybridized carbons (Fsp3) is 0.0667. The van der Waals surface area contributed by atoms with Gasteiger partial charge in [0.25, 0.3) is 0 Å². The Labute approximate surface area is 144 Å². The van der Waals surface area contributed by atoms with Crippen LogP contribution in [0.3, 0.4) is 0 Å². The van der Waals surface area contributed by atoms with Gasteiger partial charge in [0.15, 0.2) is 5.82 Å². The molecular weight excluding hydrogens is 366 g/mol. The molecule has 0 radical (unpaired) electrons. The first kappa shape index (κ1) is 16.6. The Morgan fingerprint density at radius 1 is 0.958 bits per heavy atom. The standard InChI is InChI=1S/C15H8Cl2F3N3O/c16-12-4-2-1-3-11(12)13-21-14(17)23(22-13)9-5-7-10(8-6-9)24-15(18,19)20/h1-8H. The predicted molar refractivity (Wildman–Crippen MR) is 83.5 cm³/mol. The Morgan fingerprint density at radius 3 is 2.25 bits per heavy atom. The van der Waals surface area contributed by atoms with Gasteiger partial charge in [0.05, 0.1) is 10.7 Å². The van der Waals surface area contributed by atoms with Gasteiger partial charge in [-0.2, -0.15) is 4.98 Å². The van der Waals surface area contributed by atoms with E-state index >= 15 is 0 Å². The van der Waals surface area contributed by atoms with Gasteiger partial charge in [-0.3, -0.25) is 0 Å². The van der Waals surface area contributed by atoms with Gasteiger partial charge in [-0.05, 0) is 48.0 Å². The molecule has 0 bridgehead atoms. The number of halogens is 5. The minimum atomic E-state index is -4.75. The Balaban J connectivity index is 1.92. The van der Waals surface area contributed by atoms with Gasteiger partial charge in [-0.15, -0.1) is 18.3 Å². The first-order chi connectivity index (χ1) is 11.3. The summed E-state index contributed by atoms with van der Waals surface area (Å²) in [6.45, 7) is 0. The second-order valence-corrected chi connectivity index (χ2v) is 5.38. The van der Waals surface area contributed by atoms with Crippen LogP contribution in [0.15, 0.2) is 48.5 Å². The lowest BCUT2D eigenvalue weighted by molar-refractivity contribution is -0.274. The van der Waals surface area contributed by atoms with Crippen LogP contribution in [-0.4, -0.2) is 21.1 Å². The maximum atomic E-state index is 12.2. The Morgan fingerprint density at radius 2 is 1.62 bits per heavy atom. The third kappa shape index (κ3) is 3.63. The van der Waals surface area contributed by atoms with E-state index in [9.17, 15) is 13.2 Å². The number of rotatable bonds is 3. The maximum absolute atomic E-state index is 12.2. The zero-order valence-corrected chi connectivity index (χ0v) is 13.3. The molecule has 0 saturated carbocycles. The molecule has 9 heteroatoms. The van der Waals surface area contributed by atoms with Crippen LogP contribution < -0.4 is 4.74 Å². The SMILES string of the molecule is FC(F)(F)Oc1ccc(-n2nc(-c3ccccc3Cl)nc2Cl)cc1. The van der Waals surface area contributed by atoms with E-state index in [0.717, 1.165) is 12.1 Å². The molecule has 0 amide bonds. The Kier molecular flexibility index (Phi) is 4.38. The summed E-state index contributed by atoms with van der Waals surface area (Å²) in [4.78, 5) is 4.12. The summed E-state index contributed by atoms with van der Waals surface area (Å²) in [5.74, 6) is -0.0324. The fourth-order valence-corrected chi connectivity index (χ4v) is 2.44. The quantitative estimate of drug-likeness (QED) is 0.638. The van der Waals surface area contributed by atoms with Crippen molar-refractivity contribution in [3.63, 3.8) is 0 Å². The summed E-state index contributed by atoms with van der Waals surface area (Å²) in [6, 6.07) is 12.1. The molecule has 3 aromatic rings. The first-order valence-corrected chi connectivity index (χ1v) is 7.33. The molecule has 24 heavy (non-hydrogen) atoms. The number of hydrogen-bond acceptors (Lipinski definition) is 3. The van der Waals surface area contributed by atoms with Crippen molar-refractivity contribution in [3.8, 4) is 22.8 Å². The lowest BCUT2D eigenvalue weighted by Gasteiger charge is -2.09. The van der Waals surface area contributed by atoms with Gasteiger partial charge < -0.3 is 4.74 Å². The van der Waals surface area contributed by atoms with Gasteiger partial charge in [-0.1, -0.05) is 23.7 Å². The molecule has 0 aliphatic heterocycles. The van der Waals surface area contributed by atoms with E-state index < -0.39 is 6.36 Å². The molecule has 1 aromatic heterocycles. The van der Waals surface area contributed by atoms with E-state index in [1.54, 1.807) is 24.3 Å². The van der Waals surface area contributed by atoms with Crippen molar-refractivity contribution in [1.82, 2.24) is 14.8 Å². The molecule has 124 valence electrons. The molecular formula is C15H8Cl2F3N3O. The van der Waals surface area contributed by atoms with Gasteiger partial charge in [0.2, 0.25) is 5.28 Å². The largest absolute Gasteiger partial charge is 0.573 e. The van der Waals surface area contributed by atoms with Crippen molar-refractivity contribution in [2.24, 2.45) is 0 Å². The normalized spacial score (nSPS) is 11.5. The number of hydrogen-bond donors (Lipinski definition) is 0. The van der Waals surface area contributed by atoms with Crippen LogP contribution in [0.4, 0.5) is 13.2 Å². The predicted octanol–water partition coefficient (Wildman–Crippen LogP) is 5.14. The van der Waals surface area contributed by atoms with E-state index in [0.29, 0.717) is 22.1 Å². The molecule has 4 nitrogen and oxygen atoms in total. The molecule has 0 fully saturated rings. The molecule has 0 spiro atoms. The zero-order chi connectivity index (χ0) is 17.3. The molecule has 1 heterocycles. The molecule has 3 rings (SSSR count). The van der Waals surface area contributed by atoms with Gasteiger partial charge in [0.1, 0.15) is 5.75 Å². The van der Waals surface area contributed by atoms with E-state index in [-0.39, 0.29) is 11.0 Å². The topological polar surface area (TPSA) is 39.9 Å². The van der Waals surface area contributed by atoms with Crippen LogP contribution in [0.25, 0.3) is 17.1 Å². The smallest absolute Gasteiger partial charge is 0.406 e. The zero-order valence-electron chi connectivity index (χ0n) is 11.8. The average Bonchev–Trinajstić information content (AvgIpc) is 2.89. The van der Waals surface area contributed by atoms with Gasteiger partial charge in [-0.25, -0.2) is 4.68 Å². The fourth-order valence-electron chi connectivity index (χ4n) is 2.00. The summed E-state index contributed by atoms with van der Waals surface area (Å²) < 4.78 is 41.6. The summed E-state index contributed by atoms with van der Waals surface area (Å²) in [5.41, 5.74) is 1.03. The highest BCUT2D eigenvalue weighted by molar-refractivity contribution is 6.33. The van der Waals surface area contributed by atoms with Crippen molar-refractivity contribution >= 4 is 23.2 Å². The minimum absolute atomic E-state index is 0.0504. The lowest BCUT2D eigenvalue weighted by Crippen LogP contribution is -2.17. The summed E-state index contributed by atoms with van der Waals surface area (Å²) in [6.07, 6.45) is -4.75. The second-order valence-electron chi connectivity index (χ2n) is 4.64. The van der Waals surface area contributed by atoms with Crippen molar-refractivity contribution < 1.29 is 17.9 Å².